The summed E-state index contributed by atoms with van der Waals surface area (Å²) in [5, 5.41) is 17.0. The van der Waals surface area contributed by atoms with Gasteiger partial charge in [0.1, 0.15) is 11.6 Å². The van der Waals surface area contributed by atoms with E-state index in [1.54, 1.807) is 61.8 Å². The van der Waals surface area contributed by atoms with Gasteiger partial charge >= 0.3 is 0 Å². The van der Waals surface area contributed by atoms with E-state index in [9.17, 15) is 17.9 Å². The van der Waals surface area contributed by atoms with Crippen LogP contribution < -0.4 is 10.6 Å². The Hall–Kier alpha value is -3.93. The molecular weight excluding hydrogens is 543 g/mol. The monoisotopic (exact) mass is 576 g/mol. The van der Waals surface area contributed by atoms with Gasteiger partial charge in [0.15, 0.2) is 0 Å². The summed E-state index contributed by atoms with van der Waals surface area (Å²) in [6, 6.07) is 16.7. The number of aryl methyl sites for hydroxylation is 2. The number of aromatic nitrogens is 3. The molecule has 1 aliphatic rings. The number of sulfonamides is 1. The summed E-state index contributed by atoms with van der Waals surface area (Å²) in [6.45, 7) is 4.37. The van der Waals surface area contributed by atoms with Crippen molar-refractivity contribution < 1.29 is 17.9 Å². The molecule has 3 N–H and O–H groups in total. The molecule has 41 heavy (non-hydrogen) atoms. The zero-order valence-corrected chi connectivity index (χ0v) is 23.8. The molecular formula is C30H33FN6O3S. The Morgan fingerprint density at radius 1 is 0.951 bits per heavy atom. The molecule has 0 spiro atoms. The summed E-state index contributed by atoms with van der Waals surface area (Å²) >= 11 is 0. The summed E-state index contributed by atoms with van der Waals surface area (Å²) in [5.41, 5.74) is 3.77. The Morgan fingerprint density at radius 2 is 1.68 bits per heavy atom. The first-order valence-corrected chi connectivity index (χ1v) is 14.9. The number of nitrogens with zero attached hydrogens (tertiary/aromatic N) is 4. The highest BCUT2D eigenvalue weighted by Gasteiger charge is 2.32. The van der Waals surface area contributed by atoms with Gasteiger partial charge in [0.2, 0.25) is 16.0 Å². The van der Waals surface area contributed by atoms with Gasteiger partial charge in [-0.25, -0.2) is 17.8 Å². The third-order valence-corrected chi connectivity index (χ3v) is 9.31. The molecule has 1 aliphatic heterocycles. The third kappa shape index (κ3) is 6.87. The molecule has 214 valence electrons. The highest BCUT2D eigenvalue weighted by Crippen LogP contribution is 2.28. The lowest BCUT2D eigenvalue weighted by Crippen LogP contribution is -2.41. The van der Waals surface area contributed by atoms with Crippen molar-refractivity contribution in [3.8, 4) is 0 Å². The number of halogens is 1. The fourth-order valence-corrected chi connectivity index (χ4v) is 6.41. The Morgan fingerprint density at radius 3 is 2.39 bits per heavy atom. The maximum absolute atomic E-state index is 13.6. The molecule has 1 atom stereocenters. The number of rotatable bonds is 9. The number of hydrogen-bond acceptors (Lipinski definition) is 8. The van der Waals surface area contributed by atoms with Crippen LogP contribution in [-0.2, 0) is 16.4 Å². The number of hydrogen-bond donors (Lipinski definition) is 3. The quantitative estimate of drug-likeness (QED) is 0.251. The van der Waals surface area contributed by atoms with Crippen molar-refractivity contribution in [1.29, 1.82) is 0 Å². The third-order valence-electron chi connectivity index (χ3n) is 7.40. The van der Waals surface area contributed by atoms with Crippen LogP contribution in [0.2, 0.25) is 0 Å². The van der Waals surface area contributed by atoms with Gasteiger partial charge in [-0.05, 0) is 98.3 Å². The lowest BCUT2D eigenvalue weighted by Gasteiger charge is -2.33. The molecule has 3 heterocycles. The van der Waals surface area contributed by atoms with Crippen LogP contribution in [0.1, 0.15) is 29.7 Å². The van der Waals surface area contributed by atoms with Crippen molar-refractivity contribution in [2.75, 3.05) is 23.7 Å². The molecule has 0 aliphatic carbocycles. The average Bonchev–Trinajstić information content (AvgIpc) is 2.97. The Bertz CT molecular complexity index is 1610. The minimum atomic E-state index is -3.67. The second kappa shape index (κ2) is 12.3. The number of aliphatic hydroxyl groups is 1. The first-order valence-electron chi connectivity index (χ1n) is 13.5. The van der Waals surface area contributed by atoms with Gasteiger partial charge in [-0.2, -0.15) is 9.29 Å². The van der Waals surface area contributed by atoms with Crippen molar-refractivity contribution >= 4 is 33.2 Å². The predicted molar refractivity (Wildman–Crippen MR) is 156 cm³/mol. The zero-order valence-electron chi connectivity index (χ0n) is 23.0. The van der Waals surface area contributed by atoms with Crippen LogP contribution in [-0.4, -0.2) is 52.0 Å². The van der Waals surface area contributed by atoms with Crippen molar-refractivity contribution in [2.24, 2.45) is 5.92 Å². The number of anilines is 4. The first kappa shape index (κ1) is 28.6. The van der Waals surface area contributed by atoms with Crippen LogP contribution >= 0.6 is 0 Å². The second-order valence-corrected chi connectivity index (χ2v) is 12.2. The van der Waals surface area contributed by atoms with Crippen molar-refractivity contribution in [3.05, 3.63) is 95.7 Å². The van der Waals surface area contributed by atoms with Crippen LogP contribution in [0.3, 0.4) is 0 Å². The fourth-order valence-electron chi connectivity index (χ4n) is 4.95. The average molecular weight is 577 g/mol. The minimum absolute atomic E-state index is 0.0202. The number of pyridine rings is 1. The molecule has 1 unspecified atom stereocenters. The maximum atomic E-state index is 13.6. The lowest BCUT2D eigenvalue weighted by molar-refractivity contribution is 0.0756. The van der Waals surface area contributed by atoms with Gasteiger partial charge < -0.3 is 15.7 Å². The van der Waals surface area contributed by atoms with E-state index in [0.717, 1.165) is 11.3 Å². The number of aliphatic hydroxyl groups excluding tert-OH is 1. The highest BCUT2D eigenvalue weighted by atomic mass is 32.2. The lowest BCUT2D eigenvalue weighted by atomic mass is 9.89. The molecule has 1 saturated heterocycles. The van der Waals surface area contributed by atoms with Gasteiger partial charge in [0, 0.05) is 49.0 Å². The second-order valence-electron chi connectivity index (χ2n) is 10.3. The predicted octanol–water partition coefficient (Wildman–Crippen LogP) is 5.12. The van der Waals surface area contributed by atoms with Gasteiger partial charge in [0.25, 0.3) is 0 Å². The Labute approximate surface area is 239 Å². The molecule has 0 amide bonds. The summed E-state index contributed by atoms with van der Waals surface area (Å²) in [5.74, 6) is 0.593. The number of nitrogens with one attached hydrogen (secondary N) is 2. The molecule has 9 nitrogen and oxygen atoms in total. The standard InChI is InChI=1S/C30H33FN6O3S/c1-20-4-3-14-32-27(20)19-28(38)22-12-16-37(17-13-22)41(39,40)25-8-5-23(6-9-25)35-30-33-15-11-29(36-30)34-24-7-10-26(31)21(2)18-24/h3-11,14-15,18,22,28,38H,12-13,16-17,19H2,1-2H3,(H2,33,34,35,36). The van der Waals surface area contributed by atoms with E-state index in [1.165, 1.54) is 10.4 Å². The van der Waals surface area contributed by atoms with Gasteiger partial charge in [-0.3, -0.25) is 4.98 Å². The van der Waals surface area contributed by atoms with E-state index in [-0.39, 0.29) is 16.6 Å². The molecule has 4 aromatic rings. The van der Waals surface area contributed by atoms with Crippen LogP contribution in [0.25, 0.3) is 0 Å². The van der Waals surface area contributed by atoms with Crippen molar-refractivity contribution in [3.63, 3.8) is 0 Å². The summed E-state index contributed by atoms with van der Waals surface area (Å²) < 4.78 is 41.7. The number of piperidine rings is 1. The molecule has 0 saturated carbocycles. The molecule has 11 heteroatoms. The zero-order chi connectivity index (χ0) is 29.0. The van der Waals surface area contributed by atoms with Crippen LogP contribution in [0.15, 0.2) is 78.0 Å². The maximum Gasteiger partial charge on any atom is 0.243 e. The van der Waals surface area contributed by atoms with Gasteiger partial charge in [0.05, 0.1) is 11.0 Å². The van der Waals surface area contributed by atoms with Gasteiger partial charge in [-0.15, -0.1) is 0 Å². The van der Waals surface area contributed by atoms with E-state index in [2.05, 4.69) is 25.6 Å². The van der Waals surface area contributed by atoms with Crippen molar-refractivity contribution in [2.45, 2.75) is 44.1 Å². The SMILES string of the molecule is Cc1cc(Nc2ccnc(Nc3ccc(S(=O)(=O)N4CCC(C(O)Cc5ncccc5C)CC4)cc3)n2)ccc1F. The Balaban J connectivity index is 1.18. The van der Waals surface area contributed by atoms with E-state index in [1.807, 2.05) is 19.1 Å². The summed E-state index contributed by atoms with van der Waals surface area (Å²) in [7, 11) is -3.67. The molecule has 2 aromatic heterocycles. The Kier molecular flexibility index (Phi) is 8.57. The molecule has 5 rings (SSSR count). The van der Waals surface area contributed by atoms with Crippen LogP contribution in [0.5, 0.6) is 0 Å². The van der Waals surface area contributed by atoms with E-state index < -0.39 is 16.1 Å². The highest BCUT2D eigenvalue weighted by molar-refractivity contribution is 7.89. The fraction of sp³-hybridized carbons (Fsp3) is 0.300. The van der Waals surface area contributed by atoms with Crippen molar-refractivity contribution in [1.82, 2.24) is 19.3 Å². The molecule has 0 bridgehead atoms. The summed E-state index contributed by atoms with van der Waals surface area (Å²) in [4.78, 5) is 13.2. The normalized spacial score (nSPS) is 15.4. The van der Waals surface area contributed by atoms with E-state index in [4.69, 9.17) is 0 Å². The van der Waals surface area contributed by atoms with Crippen LogP contribution in [0.4, 0.5) is 27.5 Å². The van der Waals surface area contributed by atoms with E-state index >= 15 is 0 Å². The first-order chi connectivity index (χ1) is 19.7. The molecule has 1 fully saturated rings. The van der Waals surface area contributed by atoms with Crippen LogP contribution in [0, 0.1) is 25.6 Å². The smallest absolute Gasteiger partial charge is 0.243 e. The largest absolute Gasteiger partial charge is 0.392 e. The van der Waals surface area contributed by atoms with Gasteiger partial charge in [-0.1, -0.05) is 6.07 Å². The van der Waals surface area contributed by atoms with E-state index in [0.29, 0.717) is 61.1 Å². The minimum Gasteiger partial charge on any atom is -0.392 e. The summed E-state index contributed by atoms with van der Waals surface area (Å²) in [6.07, 6.45) is 4.40. The topological polar surface area (TPSA) is 120 Å². The molecule has 0 radical (unpaired) electrons. The molecule has 2 aromatic carbocycles. The number of benzene rings is 2.